The van der Waals surface area contributed by atoms with Crippen LogP contribution >= 0.6 is 11.8 Å². The average molecular weight is 638 g/mol. The van der Waals surface area contributed by atoms with E-state index in [4.69, 9.17) is 9.84 Å². The van der Waals surface area contributed by atoms with Crippen LogP contribution < -0.4 is 5.69 Å². The summed E-state index contributed by atoms with van der Waals surface area (Å²) in [6.45, 7) is 17.2. The second-order valence-electron chi connectivity index (χ2n) is 13.0. The smallest absolute Gasteiger partial charge is 0.411 e. The zero-order valence-corrected chi connectivity index (χ0v) is 28.2. The molecule has 3 heterocycles. The van der Waals surface area contributed by atoms with Gasteiger partial charge in [0, 0.05) is 35.8 Å². The van der Waals surface area contributed by atoms with Crippen molar-refractivity contribution < 1.29 is 18.3 Å². The van der Waals surface area contributed by atoms with Crippen LogP contribution in [0.3, 0.4) is 0 Å². The van der Waals surface area contributed by atoms with Crippen LogP contribution in [0, 0.1) is 31.4 Å². The Kier molecular flexibility index (Phi) is 8.54. The molecule has 8 nitrogen and oxygen atoms in total. The minimum atomic E-state index is -0.945. The molecule has 0 radical (unpaired) electrons. The Morgan fingerprint density at radius 3 is 2.31 bits per heavy atom. The van der Waals surface area contributed by atoms with Crippen LogP contribution in [0.15, 0.2) is 52.4 Å². The first-order valence-electron chi connectivity index (χ1n) is 15.2. The molecule has 0 bridgehead atoms. The highest BCUT2D eigenvalue weighted by Crippen LogP contribution is 2.45. The van der Waals surface area contributed by atoms with E-state index in [2.05, 4.69) is 0 Å². The number of aromatic nitrogens is 4. The third-order valence-corrected chi connectivity index (χ3v) is 9.35. The molecule has 0 fully saturated rings. The van der Waals surface area contributed by atoms with E-state index in [9.17, 15) is 14.0 Å². The Morgan fingerprint density at radius 2 is 1.73 bits per heavy atom. The summed E-state index contributed by atoms with van der Waals surface area (Å²) in [5.41, 5.74) is 0.786. The number of rotatable bonds is 6. The third kappa shape index (κ3) is 5.71. The maximum Gasteiger partial charge on any atom is 0.411 e. The van der Waals surface area contributed by atoms with Crippen molar-refractivity contribution in [1.29, 1.82) is 0 Å². The first-order valence-corrected chi connectivity index (χ1v) is 16.2. The van der Waals surface area contributed by atoms with Crippen LogP contribution in [0.5, 0.6) is 0 Å². The van der Waals surface area contributed by atoms with E-state index in [0.29, 0.717) is 46.9 Å². The van der Waals surface area contributed by atoms with Crippen molar-refractivity contribution in [3.63, 3.8) is 0 Å². The molecule has 45 heavy (non-hydrogen) atoms. The van der Waals surface area contributed by atoms with Gasteiger partial charge in [0.05, 0.1) is 22.6 Å². The number of benzene rings is 2. The summed E-state index contributed by atoms with van der Waals surface area (Å²) in [4.78, 5) is 30.4. The molecule has 0 N–H and O–H groups in total. The summed E-state index contributed by atoms with van der Waals surface area (Å²) >= 11 is 1.51. The van der Waals surface area contributed by atoms with E-state index >= 15 is 4.39 Å². The van der Waals surface area contributed by atoms with Crippen molar-refractivity contribution >= 4 is 17.9 Å². The van der Waals surface area contributed by atoms with Crippen LogP contribution in [0.4, 0.5) is 13.6 Å². The van der Waals surface area contributed by atoms with Gasteiger partial charge in [-0.05, 0) is 94.7 Å². The number of thioether (sulfide) groups is 1. The van der Waals surface area contributed by atoms with Gasteiger partial charge in [-0.25, -0.2) is 23.1 Å². The first kappa shape index (κ1) is 32.5. The van der Waals surface area contributed by atoms with Gasteiger partial charge in [0.15, 0.2) is 5.82 Å². The fraction of sp³-hybridized carbons (Fsp3) is 0.441. The van der Waals surface area contributed by atoms with Gasteiger partial charge in [-0.3, -0.25) is 14.0 Å². The second kappa shape index (κ2) is 11.8. The number of amides is 1. The molecule has 5 rings (SSSR count). The Hall–Kier alpha value is -3.86. The molecule has 11 heteroatoms. The Labute approximate surface area is 267 Å². The predicted molar refractivity (Wildman–Crippen MR) is 173 cm³/mol. The molecule has 2 aromatic heterocycles. The van der Waals surface area contributed by atoms with Crippen molar-refractivity contribution in [3.05, 3.63) is 87.2 Å². The van der Waals surface area contributed by atoms with E-state index < -0.39 is 28.7 Å². The molecule has 1 aliphatic rings. The number of carbonyl (C=O) groups excluding carboxylic acids is 1. The molecule has 0 spiro atoms. The summed E-state index contributed by atoms with van der Waals surface area (Å²) in [5.74, 6) is 0.236. The zero-order valence-electron chi connectivity index (χ0n) is 27.4. The van der Waals surface area contributed by atoms with Crippen LogP contribution in [0.1, 0.15) is 70.9 Å². The maximum atomic E-state index is 15.3. The van der Waals surface area contributed by atoms with Gasteiger partial charge in [0.2, 0.25) is 0 Å². The summed E-state index contributed by atoms with van der Waals surface area (Å²) < 4.78 is 40.3. The van der Waals surface area contributed by atoms with Crippen LogP contribution in [-0.4, -0.2) is 47.8 Å². The van der Waals surface area contributed by atoms with Gasteiger partial charge in [0.1, 0.15) is 17.2 Å². The van der Waals surface area contributed by atoms with Crippen molar-refractivity contribution in [2.75, 3.05) is 12.3 Å². The molecule has 1 aliphatic heterocycles. The first-order chi connectivity index (χ1) is 21.1. The lowest BCUT2D eigenvalue weighted by Gasteiger charge is -2.47. The van der Waals surface area contributed by atoms with Crippen LogP contribution in [0.25, 0.3) is 17.2 Å². The van der Waals surface area contributed by atoms with Crippen molar-refractivity contribution in [2.24, 2.45) is 5.92 Å². The molecule has 0 unspecified atom stereocenters. The summed E-state index contributed by atoms with van der Waals surface area (Å²) in [6, 6.07) is 8.20. The van der Waals surface area contributed by atoms with Gasteiger partial charge in [-0.1, -0.05) is 20.8 Å². The quantitative estimate of drug-likeness (QED) is 0.205. The number of hydrogen-bond acceptors (Lipinski definition) is 5. The average Bonchev–Trinajstić information content (AvgIpc) is 3.51. The summed E-state index contributed by atoms with van der Waals surface area (Å²) in [7, 11) is 0. The SMILES string of the molecule is CCSc1ccc(-n2ccn(-c3c4c(nn3-c3cc(C)c(F)c(C)c3)CCN(C(=O)OC(C)(C)C)[C@@]4(C)C(C)C)c2=O)c(F)c1. The zero-order chi connectivity index (χ0) is 33.0. The summed E-state index contributed by atoms with van der Waals surface area (Å²) in [5, 5.41) is 5.00. The number of ether oxygens (including phenoxy) is 1. The van der Waals surface area contributed by atoms with Gasteiger partial charge < -0.3 is 4.74 Å². The number of nitrogens with zero attached hydrogens (tertiary/aromatic N) is 5. The Balaban J connectivity index is 1.79. The number of fused-ring (bicyclic) bond motifs is 1. The topological polar surface area (TPSA) is 74.3 Å². The van der Waals surface area contributed by atoms with Gasteiger partial charge in [-0.2, -0.15) is 5.10 Å². The van der Waals surface area contributed by atoms with E-state index in [1.54, 1.807) is 53.9 Å². The van der Waals surface area contributed by atoms with Crippen molar-refractivity contribution in [2.45, 2.75) is 84.8 Å². The number of carbonyl (C=O) groups is 1. The molecular formula is C34H41F2N5O3S. The van der Waals surface area contributed by atoms with Gasteiger partial charge in [-0.15, -0.1) is 11.8 Å². The molecule has 4 aromatic rings. The Morgan fingerprint density at radius 1 is 1.09 bits per heavy atom. The molecule has 1 amide bonds. The fourth-order valence-corrected chi connectivity index (χ4v) is 6.72. The lowest BCUT2D eigenvalue weighted by molar-refractivity contribution is -0.0165. The molecule has 0 saturated heterocycles. The van der Waals surface area contributed by atoms with Gasteiger partial charge >= 0.3 is 11.8 Å². The van der Waals surface area contributed by atoms with E-state index in [1.807, 2.05) is 48.5 Å². The molecule has 2 aromatic carbocycles. The standard InChI is InChI=1S/C34H41F2N5O3S/c1-10-45-24-11-12-27(25(35)19-24)38-15-16-39(31(38)42)30-28-26(37-41(30)23-17-21(4)29(36)22(5)18-23)13-14-40(34(28,9)20(2)3)32(43)44-33(6,7)8/h11-12,15-20H,10,13-14H2,1-9H3/t34-/m0/s1. The van der Waals surface area contributed by atoms with Gasteiger partial charge in [0.25, 0.3) is 0 Å². The highest BCUT2D eigenvalue weighted by Gasteiger charge is 2.49. The molecule has 240 valence electrons. The number of halogens is 2. The van der Waals surface area contributed by atoms with Crippen molar-refractivity contribution in [1.82, 2.24) is 23.8 Å². The second-order valence-corrected chi connectivity index (χ2v) is 14.3. The number of imidazole rings is 1. The third-order valence-electron chi connectivity index (χ3n) is 8.47. The van der Waals surface area contributed by atoms with E-state index in [-0.39, 0.29) is 17.4 Å². The molecular weight excluding hydrogens is 596 g/mol. The van der Waals surface area contributed by atoms with E-state index in [1.165, 1.54) is 33.2 Å². The molecule has 1 atom stereocenters. The van der Waals surface area contributed by atoms with E-state index in [0.717, 1.165) is 10.6 Å². The van der Waals surface area contributed by atoms with Crippen molar-refractivity contribution in [3.8, 4) is 17.2 Å². The highest BCUT2D eigenvalue weighted by molar-refractivity contribution is 7.99. The molecule has 0 saturated carbocycles. The minimum Gasteiger partial charge on any atom is -0.444 e. The predicted octanol–water partition coefficient (Wildman–Crippen LogP) is 7.49. The monoisotopic (exact) mass is 637 g/mol. The number of hydrogen-bond donors (Lipinski definition) is 0. The lowest BCUT2D eigenvalue weighted by atomic mass is 9.76. The lowest BCUT2D eigenvalue weighted by Crippen LogP contribution is -2.56. The minimum absolute atomic E-state index is 0.120. The number of aryl methyl sites for hydroxylation is 2. The molecule has 0 aliphatic carbocycles. The Bertz CT molecular complexity index is 1810. The van der Waals surface area contributed by atoms with Crippen LogP contribution in [0.2, 0.25) is 0 Å². The summed E-state index contributed by atoms with van der Waals surface area (Å²) in [6.07, 6.45) is 3.06. The van der Waals surface area contributed by atoms with Crippen LogP contribution in [-0.2, 0) is 16.7 Å². The largest absolute Gasteiger partial charge is 0.444 e. The highest BCUT2D eigenvalue weighted by atomic mass is 32.2. The normalized spacial score (nSPS) is 16.8. The maximum absolute atomic E-state index is 15.3. The fourth-order valence-electron chi connectivity index (χ4n) is 6.04.